The minimum absolute atomic E-state index is 0.0993. The summed E-state index contributed by atoms with van der Waals surface area (Å²) < 4.78 is 6.32. The number of hydrogen-bond donors (Lipinski definition) is 2. The molecule has 0 saturated heterocycles. The summed E-state index contributed by atoms with van der Waals surface area (Å²) >= 11 is 3.29. The Hall–Kier alpha value is -0.810. The molecule has 3 N–H and O–H groups in total. The van der Waals surface area contributed by atoms with Gasteiger partial charge in [-0.05, 0) is 42.8 Å². The number of rotatable bonds is 4. The van der Waals surface area contributed by atoms with Gasteiger partial charge in [-0.1, -0.05) is 0 Å². The fraction of sp³-hybridized carbons (Fsp3) is 0.545. The highest BCUT2D eigenvalue weighted by molar-refractivity contribution is 9.10. The summed E-state index contributed by atoms with van der Waals surface area (Å²) in [7, 11) is 0. The summed E-state index contributed by atoms with van der Waals surface area (Å²) in [5, 5.41) is 3.32. The molecule has 0 aromatic carbocycles. The second-order valence-electron chi connectivity index (χ2n) is 4.57. The van der Waals surface area contributed by atoms with E-state index in [1.807, 2.05) is 0 Å². The van der Waals surface area contributed by atoms with E-state index in [4.69, 9.17) is 10.5 Å². The van der Waals surface area contributed by atoms with Gasteiger partial charge >= 0.3 is 0 Å². The van der Waals surface area contributed by atoms with Crippen LogP contribution in [0.5, 0.6) is 5.88 Å². The van der Waals surface area contributed by atoms with E-state index in [0.29, 0.717) is 18.2 Å². The predicted octanol–water partition coefficient (Wildman–Crippen LogP) is 2.19. The van der Waals surface area contributed by atoms with Crippen LogP contribution in [0.25, 0.3) is 0 Å². The molecule has 0 radical (unpaired) electrons. The average Bonchev–Trinajstić information content (AvgIpc) is 2.13. The number of nitrogens with one attached hydrogen (secondary N) is 1. The number of hydrogen-bond acceptors (Lipinski definition) is 4. The lowest BCUT2D eigenvalue weighted by Gasteiger charge is -2.20. The molecule has 0 saturated carbocycles. The fourth-order valence-electron chi connectivity index (χ4n) is 1.14. The predicted molar refractivity (Wildman–Crippen MR) is 69.6 cm³/mol. The standard InChI is InChI=1S/C11H18BrN3O/c1-11(2,3)15-4-5-16-10-9(13)6-8(12)7-14-10/h6-7,15H,4-5,13H2,1-3H3. The summed E-state index contributed by atoms with van der Waals surface area (Å²) in [5.41, 5.74) is 6.40. The zero-order chi connectivity index (χ0) is 12.2. The van der Waals surface area contributed by atoms with Gasteiger partial charge in [0.2, 0.25) is 5.88 Å². The van der Waals surface area contributed by atoms with Crippen LogP contribution in [0.1, 0.15) is 20.8 Å². The fourth-order valence-corrected chi connectivity index (χ4v) is 1.49. The van der Waals surface area contributed by atoms with E-state index in [0.717, 1.165) is 11.0 Å². The van der Waals surface area contributed by atoms with Gasteiger partial charge in [0.25, 0.3) is 0 Å². The minimum atomic E-state index is 0.0993. The molecule has 0 unspecified atom stereocenters. The van der Waals surface area contributed by atoms with Crippen molar-refractivity contribution in [2.75, 3.05) is 18.9 Å². The van der Waals surface area contributed by atoms with Gasteiger partial charge in [-0.15, -0.1) is 0 Å². The molecule has 90 valence electrons. The van der Waals surface area contributed by atoms with Gasteiger partial charge in [-0.3, -0.25) is 0 Å². The summed E-state index contributed by atoms with van der Waals surface area (Å²) in [6.07, 6.45) is 1.67. The molecular formula is C11H18BrN3O. The van der Waals surface area contributed by atoms with Crippen molar-refractivity contribution in [2.24, 2.45) is 0 Å². The smallest absolute Gasteiger partial charge is 0.237 e. The number of nitrogen functional groups attached to an aromatic ring is 1. The van der Waals surface area contributed by atoms with Crippen molar-refractivity contribution in [1.82, 2.24) is 10.3 Å². The van der Waals surface area contributed by atoms with Gasteiger partial charge in [-0.25, -0.2) is 4.98 Å². The molecule has 0 atom stereocenters. The number of anilines is 1. The topological polar surface area (TPSA) is 60.2 Å². The van der Waals surface area contributed by atoms with E-state index in [-0.39, 0.29) is 5.54 Å². The normalized spacial score (nSPS) is 11.5. The Morgan fingerprint density at radius 2 is 2.19 bits per heavy atom. The second-order valence-corrected chi connectivity index (χ2v) is 5.49. The van der Waals surface area contributed by atoms with Crippen molar-refractivity contribution < 1.29 is 4.74 Å². The molecule has 1 rings (SSSR count). The molecule has 4 nitrogen and oxygen atoms in total. The molecule has 0 aliphatic heterocycles. The highest BCUT2D eigenvalue weighted by Gasteiger charge is 2.08. The van der Waals surface area contributed by atoms with Crippen molar-refractivity contribution in [2.45, 2.75) is 26.3 Å². The molecule has 0 bridgehead atoms. The number of ether oxygens (including phenoxy) is 1. The van der Waals surface area contributed by atoms with Crippen molar-refractivity contribution in [3.8, 4) is 5.88 Å². The summed E-state index contributed by atoms with van der Waals surface area (Å²) in [4.78, 5) is 4.09. The van der Waals surface area contributed by atoms with E-state index >= 15 is 0 Å². The zero-order valence-electron chi connectivity index (χ0n) is 9.88. The van der Waals surface area contributed by atoms with E-state index in [9.17, 15) is 0 Å². The Kier molecular flexibility index (Phi) is 4.56. The SMILES string of the molecule is CC(C)(C)NCCOc1ncc(Br)cc1N. The van der Waals surface area contributed by atoms with Crippen molar-refractivity contribution in [1.29, 1.82) is 0 Å². The second kappa shape index (κ2) is 5.50. The zero-order valence-corrected chi connectivity index (χ0v) is 11.5. The number of aromatic nitrogens is 1. The highest BCUT2D eigenvalue weighted by Crippen LogP contribution is 2.21. The van der Waals surface area contributed by atoms with Crippen LogP contribution < -0.4 is 15.8 Å². The first-order chi connectivity index (χ1) is 7.38. The molecule has 0 fully saturated rings. The van der Waals surface area contributed by atoms with Crippen molar-refractivity contribution in [3.63, 3.8) is 0 Å². The van der Waals surface area contributed by atoms with Gasteiger partial charge in [0.15, 0.2) is 0 Å². The monoisotopic (exact) mass is 287 g/mol. The van der Waals surface area contributed by atoms with Gasteiger partial charge < -0.3 is 15.8 Å². The van der Waals surface area contributed by atoms with E-state index in [2.05, 4.69) is 47.0 Å². The largest absolute Gasteiger partial charge is 0.475 e. The van der Waals surface area contributed by atoms with E-state index < -0.39 is 0 Å². The Balaban J connectivity index is 2.38. The maximum Gasteiger partial charge on any atom is 0.237 e. The van der Waals surface area contributed by atoms with Crippen LogP contribution in [-0.2, 0) is 0 Å². The maximum atomic E-state index is 5.75. The molecule has 0 spiro atoms. The van der Waals surface area contributed by atoms with Gasteiger partial charge in [0.05, 0.1) is 5.69 Å². The first kappa shape index (κ1) is 13.3. The Morgan fingerprint density at radius 1 is 1.50 bits per heavy atom. The highest BCUT2D eigenvalue weighted by atomic mass is 79.9. The van der Waals surface area contributed by atoms with Crippen LogP contribution in [0.15, 0.2) is 16.7 Å². The van der Waals surface area contributed by atoms with Crippen molar-refractivity contribution >= 4 is 21.6 Å². The molecule has 1 aromatic heterocycles. The third kappa shape index (κ3) is 4.81. The summed E-state index contributed by atoms with van der Waals surface area (Å²) in [6.45, 7) is 7.65. The molecule has 5 heteroatoms. The first-order valence-corrected chi connectivity index (χ1v) is 5.96. The molecule has 0 aliphatic carbocycles. The number of nitrogens with zero attached hydrogens (tertiary/aromatic N) is 1. The van der Waals surface area contributed by atoms with Crippen LogP contribution in [0.2, 0.25) is 0 Å². The molecule has 0 amide bonds. The number of pyridine rings is 1. The van der Waals surface area contributed by atoms with Crippen LogP contribution in [0, 0.1) is 0 Å². The molecular weight excluding hydrogens is 270 g/mol. The lowest BCUT2D eigenvalue weighted by Crippen LogP contribution is -2.38. The van der Waals surface area contributed by atoms with Crippen LogP contribution in [-0.4, -0.2) is 23.7 Å². The van der Waals surface area contributed by atoms with Crippen molar-refractivity contribution in [3.05, 3.63) is 16.7 Å². The van der Waals surface area contributed by atoms with Crippen LogP contribution in [0.4, 0.5) is 5.69 Å². The first-order valence-electron chi connectivity index (χ1n) is 5.17. The number of halogens is 1. The van der Waals surface area contributed by atoms with Crippen LogP contribution >= 0.6 is 15.9 Å². The third-order valence-corrected chi connectivity index (χ3v) is 2.28. The van der Waals surface area contributed by atoms with Gasteiger partial charge in [-0.2, -0.15) is 0 Å². The Labute approximate surface area is 105 Å². The Bertz CT molecular complexity index is 350. The summed E-state index contributed by atoms with van der Waals surface area (Å²) in [6, 6.07) is 1.78. The molecule has 16 heavy (non-hydrogen) atoms. The molecule has 1 aromatic rings. The van der Waals surface area contributed by atoms with E-state index in [1.165, 1.54) is 0 Å². The number of nitrogens with two attached hydrogens (primary N) is 1. The lowest BCUT2D eigenvalue weighted by molar-refractivity contribution is 0.283. The quantitative estimate of drug-likeness (QED) is 0.834. The molecule has 1 heterocycles. The van der Waals surface area contributed by atoms with Gasteiger partial charge in [0.1, 0.15) is 6.61 Å². The van der Waals surface area contributed by atoms with E-state index in [1.54, 1.807) is 12.3 Å². The minimum Gasteiger partial charge on any atom is -0.475 e. The van der Waals surface area contributed by atoms with Gasteiger partial charge in [0, 0.05) is 22.8 Å². The third-order valence-electron chi connectivity index (χ3n) is 1.84. The van der Waals surface area contributed by atoms with Crippen LogP contribution in [0.3, 0.4) is 0 Å². The Morgan fingerprint density at radius 3 is 2.75 bits per heavy atom. The lowest BCUT2D eigenvalue weighted by atomic mass is 10.1. The maximum absolute atomic E-state index is 5.75. The summed E-state index contributed by atoms with van der Waals surface area (Å²) in [5.74, 6) is 0.485. The molecule has 0 aliphatic rings. The average molecular weight is 288 g/mol.